The molecule has 0 aliphatic rings. The number of halogens is 2. The van der Waals surface area contributed by atoms with Crippen LogP contribution in [0, 0.1) is 0 Å². The molecule has 6 heteroatoms. The Labute approximate surface area is 103 Å². The average Bonchev–Trinajstić information content (AvgIpc) is 2.12. The van der Waals surface area contributed by atoms with Gasteiger partial charge in [0.1, 0.15) is 0 Å². The Bertz CT molecular complexity index is 447. The molecule has 1 aromatic rings. The summed E-state index contributed by atoms with van der Waals surface area (Å²) < 4.78 is 26.1. The van der Waals surface area contributed by atoms with Crippen molar-refractivity contribution in [2.45, 2.75) is 13.3 Å². The van der Waals surface area contributed by atoms with Crippen LogP contribution in [0.3, 0.4) is 0 Å². The molecule has 15 heavy (non-hydrogen) atoms. The second-order valence-corrected chi connectivity index (χ2v) is 6.10. The second kappa shape index (κ2) is 5.18. The van der Waals surface area contributed by atoms with E-state index in [1.165, 1.54) is 0 Å². The van der Waals surface area contributed by atoms with Gasteiger partial charge in [0, 0.05) is 4.47 Å². The predicted molar refractivity (Wildman–Crippen MR) is 66.9 cm³/mol. The highest BCUT2D eigenvalue weighted by Crippen LogP contribution is 2.30. The van der Waals surface area contributed by atoms with Gasteiger partial charge in [-0.25, -0.2) is 8.42 Å². The van der Waals surface area contributed by atoms with Crippen LogP contribution in [0.5, 0.6) is 0 Å². The van der Waals surface area contributed by atoms with E-state index in [0.717, 1.165) is 0 Å². The van der Waals surface area contributed by atoms with Gasteiger partial charge < -0.3 is 0 Å². The number of rotatable bonds is 4. The molecule has 0 bridgehead atoms. The highest BCUT2D eigenvalue weighted by molar-refractivity contribution is 9.10. The van der Waals surface area contributed by atoms with E-state index in [4.69, 9.17) is 11.6 Å². The maximum Gasteiger partial charge on any atom is 0.232 e. The summed E-state index contributed by atoms with van der Waals surface area (Å²) in [6.45, 7) is 1.81. The van der Waals surface area contributed by atoms with Crippen molar-refractivity contribution < 1.29 is 8.42 Å². The molecule has 0 atom stereocenters. The molecule has 0 saturated carbocycles. The monoisotopic (exact) mass is 311 g/mol. The quantitative estimate of drug-likeness (QED) is 0.927. The third kappa shape index (κ3) is 3.66. The van der Waals surface area contributed by atoms with E-state index in [-0.39, 0.29) is 5.75 Å². The van der Waals surface area contributed by atoms with E-state index in [1.54, 1.807) is 18.2 Å². The molecule has 0 fully saturated rings. The number of nitrogens with one attached hydrogen (secondary N) is 1. The zero-order chi connectivity index (χ0) is 11.5. The summed E-state index contributed by atoms with van der Waals surface area (Å²) in [5.74, 6) is 0.0931. The van der Waals surface area contributed by atoms with Crippen molar-refractivity contribution in [3.8, 4) is 0 Å². The van der Waals surface area contributed by atoms with Crippen LogP contribution in [0.15, 0.2) is 22.7 Å². The van der Waals surface area contributed by atoms with Crippen molar-refractivity contribution in [1.82, 2.24) is 0 Å². The maximum atomic E-state index is 11.5. The molecule has 0 saturated heterocycles. The number of hydrogen-bond acceptors (Lipinski definition) is 2. The molecule has 0 aliphatic heterocycles. The van der Waals surface area contributed by atoms with Gasteiger partial charge in [0.25, 0.3) is 0 Å². The lowest BCUT2D eigenvalue weighted by Crippen LogP contribution is -2.16. The van der Waals surface area contributed by atoms with Crippen molar-refractivity contribution in [2.24, 2.45) is 0 Å². The third-order valence-electron chi connectivity index (χ3n) is 1.69. The van der Waals surface area contributed by atoms with Gasteiger partial charge in [-0.15, -0.1) is 0 Å². The van der Waals surface area contributed by atoms with E-state index in [9.17, 15) is 8.42 Å². The van der Waals surface area contributed by atoms with Crippen LogP contribution in [0.2, 0.25) is 5.02 Å². The smallest absolute Gasteiger partial charge is 0.232 e. The molecule has 1 aromatic carbocycles. The van der Waals surface area contributed by atoms with E-state index in [1.807, 2.05) is 6.92 Å². The summed E-state index contributed by atoms with van der Waals surface area (Å²) in [6, 6.07) is 5.10. The minimum atomic E-state index is -3.28. The van der Waals surface area contributed by atoms with Gasteiger partial charge >= 0.3 is 0 Å². The summed E-state index contributed by atoms with van der Waals surface area (Å²) in [7, 11) is -3.28. The van der Waals surface area contributed by atoms with Crippen LogP contribution in [0.1, 0.15) is 13.3 Å². The Morgan fingerprint density at radius 1 is 1.47 bits per heavy atom. The van der Waals surface area contributed by atoms with Gasteiger partial charge in [-0.1, -0.05) is 24.6 Å². The predicted octanol–water partition coefficient (Wildman–Crippen LogP) is 3.25. The molecular formula is C9H11BrClNO2S. The van der Waals surface area contributed by atoms with Crippen molar-refractivity contribution in [3.05, 3.63) is 27.7 Å². The topological polar surface area (TPSA) is 46.2 Å². The Morgan fingerprint density at radius 2 is 2.13 bits per heavy atom. The summed E-state index contributed by atoms with van der Waals surface area (Å²) in [5.41, 5.74) is 0.402. The molecule has 0 heterocycles. The Kier molecular flexibility index (Phi) is 4.43. The second-order valence-electron chi connectivity index (χ2n) is 3.02. The molecule has 1 rings (SSSR count). The van der Waals surface area contributed by atoms with Crippen LogP contribution in [0.4, 0.5) is 5.69 Å². The maximum absolute atomic E-state index is 11.5. The average molecular weight is 313 g/mol. The van der Waals surface area contributed by atoms with E-state index in [2.05, 4.69) is 20.7 Å². The van der Waals surface area contributed by atoms with Gasteiger partial charge in [0.05, 0.1) is 16.5 Å². The fourth-order valence-electron chi connectivity index (χ4n) is 1.07. The number of sulfonamides is 1. The van der Waals surface area contributed by atoms with E-state index >= 15 is 0 Å². The van der Waals surface area contributed by atoms with Crippen LogP contribution < -0.4 is 4.72 Å². The Morgan fingerprint density at radius 3 is 2.73 bits per heavy atom. The molecule has 1 N–H and O–H groups in total. The first-order valence-electron chi connectivity index (χ1n) is 4.41. The van der Waals surface area contributed by atoms with Crippen molar-refractivity contribution in [3.63, 3.8) is 0 Å². The Balaban J connectivity index is 2.95. The summed E-state index contributed by atoms with van der Waals surface area (Å²) >= 11 is 9.15. The van der Waals surface area contributed by atoms with Gasteiger partial charge in [0.15, 0.2) is 0 Å². The summed E-state index contributed by atoms with van der Waals surface area (Å²) in [4.78, 5) is 0. The third-order valence-corrected chi connectivity index (χ3v) is 4.46. The lowest BCUT2D eigenvalue weighted by molar-refractivity contribution is 0.600. The van der Waals surface area contributed by atoms with E-state index in [0.29, 0.717) is 21.6 Å². The summed E-state index contributed by atoms with van der Waals surface area (Å²) in [5, 5.41) is 0.372. The normalized spacial score (nSPS) is 11.4. The highest BCUT2D eigenvalue weighted by Gasteiger charge is 2.12. The molecule has 0 spiro atoms. The molecule has 0 aliphatic carbocycles. The molecule has 0 aromatic heterocycles. The van der Waals surface area contributed by atoms with Gasteiger partial charge in [-0.05, 0) is 34.5 Å². The van der Waals surface area contributed by atoms with Gasteiger partial charge in [0.2, 0.25) is 10.0 Å². The lowest BCUT2D eigenvalue weighted by atomic mass is 10.3. The zero-order valence-corrected chi connectivity index (χ0v) is 11.3. The minimum Gasteiger partial charge on any atom is -0.282 e. The number of hydrogen-bond donors (Lipinski definition) is 1. The fourth-order valence-corrected chi connectivity index (χ4v) is 2.81. The first kappa shape index (κ1) is 12.8. The van der Waals surface area contributed by atoms with Gasteiger partial charge in [-0.2, -0.15) is 0 Å². The molecule has 0 unspecified atom stereocenters. The Hall–Kier alpha value is -0.260. The minimum absolute atomic E-state index is 0.0931. The van der Waals surface area contributed by atoms with Crippen LogP contribution in [-0.2, 0) is 10.0 Å². The van der Waals surface area contributed by atoms with Crippen LogP contribution in [0.25, 0.3) is 0 Å². The molecule has 0 radical (unpaired) electrons. The largest absolute Gasteiger partial charge is 0.282 e. The first-order valence-corrected chi connectivity index (χ1v) is 7.23. The highest BCUT2D eigenvalue weighted by atomic mass is 79.9. The van der Waals surface area contributed by atoms with Crippen molar-refractivity contribution in [2.75, 3.05) is 10.5 Å². The SMILES string of the molecule is CCCS(=O)(=O)Nc1cccc(Br)c1Cl. The molecule has 84 valence electrons. The summed E-state index contributed by atoms with van der Waals surface area (Å²) in [6.07, 6.45) is 0.570. The molecule has 3 nitrogen and oxygen atoms in total. The standard InChI is InChI=1S/C9H11BrClNO2S/c1-2-6-15(13,14)12-8-5-3-4-7(10)9(8)11/h3-5,12H,2,6H2,1H3. The fraction of sp³-hybridized carbons (Fsp3) is 0.333. The van der Waals surface area contributed by atoms with Crippen molar-refractivity contribution in [1.29, 1.82) is 0 Å². The zero-order valence-electron chi connectivity index (χ0n) is 8.13. The first-order chi connectivity index (χ1) is 6.96. The molecule has 0 amide bonds. The van der Waals surface area contributed by atoms with Crippen molar-refractivity contribution >= 4 is 43.2 Å². The van der Waals surface area contributed by atoms with E-state index < -0.39 is 10.0 Å². The van der Waals surface area contributed by atoms with Gasteiger partial charge in [-0.3, -0.25) is 4.72 Å². The lowest BCUT2D eigenvalue weighted by Gasteiger charge is -2.09. The molecular weight excluding hydrogens is 302 g/mol. The number of anilines is 1. The van der Waals surface area contributed by atoms with Crippen LogP contribution >= 0.6 is 27.5 Å². The van der Waals surface area contributed by atoms with Crippen LogP contribution in [-0.4, -0.2) is 14.2 Å². The number of benzene rings is 1.